The van der Waals surface area contributed by atoms with E-state index in [-0.39, 0.29) is 16.2 Å². The van der Waals surface area contributed by atoms with Crippen molar-refractivity contribution in [2.75, 3.05) is 4.72 Å². The van der Waals surface area contributed by atoms with Crippen molar-refractivity contribution in [2.45, 2.75) is 17.2 Å². The number of sulfonamides is 1. The molecular formula is C25H22N2O3S2. The van der Waals surface area contributed by atoms with Crippen molar-refractivity contribution in [3.05, 3.63) is 119 Å². The fourth-order valence-electron chi connectivity index (χ4n) is 3.29. The number of benzene rings is 3. The summed E-state index contributed by atoms with van der Waals surface area (Å²) in [5, 5.41) is 4.81. The summed E-state index contributed by atoms with van der Waals surface area (Å²) >= 11 is 1.15. The Kier molecular flexibility index (Phi) is 6.39. The molecule has 0 saturated carbocycles. The van der Waals surface area contributed by atoms with E-state index in [1.807, 2.05) is 61.5 Å². The molecule has 1 amide bonds. The highest BCUT2D eigenvalue weighted by molar-refractivity contribution is 7.94. The summed E-state index contributed by atoms with van der Waals surface area (Å²) in [7, 11) is -3.63. The van der Waals surface area contributed by atoms with Gasteiger partial charge in [0.15, 0.2) is 0 Å². The highest BCUT2D eigenvalue weighted by Crippen LogP contribution is 2.24. The summed E-state index contributed by atoms with van der Waals surface area (Å²) in [5.74, 6) is -0.243. The van der Waals surface area contributed by atoms with Gasteiger partial charge in [-0.05, 0) is 53.8 Å². The van der Waals surface area contributed by atoms with Crippen LogP contribution in [0, 0.1) is 6.92 Å². The number of anilines is 1. The lowest BCUT2D eigenvalue weighted by molar-refractivity contribution is 0.0943. The third-order valence-corrected chi connectivity index (χ3v) is 7.76. The molecule has 32 heavy (non-hydrogen) atoms. The van der Waals surface area contributed by atoms with Gasteiger partial charge in [0.05, 0.1) is 6.04 Å². The van der Waals surface area contributed by atoms with Crippen molar-refractivity contribution >= 4 is 33.0 Å². The Labute approximate surface area is 191 Å². The summed E-state index contributed by atoms with van der Waals surface area (Å²) in [6.45, 7) is 2.02. The van der Waals surface area contributed by atoms with Crippen molar-refractivity contribution in [3.63, 3.8) is 0 Å². The number of rotatable bonds is 7. The smallest absolute Gasteiger partial charge is 0.271 e. The highest BCUT2D eigenvalue weighted by atomic mass is 32.2. The molecule has 0 saturated heterocycles. The molecule has 0 unspecified atom stereocenters. The first-order valence-electron chi connectivity index (χ1n) is 10.0. The fraction of sp³-hybridized carbons (Fsp3) is 0.0800. The van der Waals surface area contributed by atoms with E-state index in [0.717, 1.165) is 28.0 Å². The Morgan fingerprint density at radius 2 is 1.47 bits per heavy atom. The Hall–Kier alpha value is -3.42. The average Bonchev–Trinajstić information content (AvgIpc) is 3.35. The maximum atomic E-state index is 13.0. The molecule has 3 aromatic carbocycles. The van der Waals surface area contributed by atoms with Crippen LogP contribution in [0.4, 0.5) is 5.69 Å². The number of carbonyl (C=O) groups excluding carboxylic acids is 1. The molecule has 1 heterocycles. The minimum absolute atomic E-state index is 0.239. The van der Waals surface area contributed by atoms with E-state index in [0.29, 0.717) is 11.3 Å². The number of hydrogen-bond donors (Lipinski definition) is 2. The minimum Gasteiger partial charge on any atom is -0.341 e. The third-order valence-electron chi connectivity index (χ3n) is 4.98. The van der Waals surface area contributed by atoms with Crippen LogP contribution < -0.4 is 10.0 Å². The SMILES string of the molecule is Cc1ccc([C@H](NC(=O)c2ccc(NS(=O)(=O)c3cccs3)cc2)c2ccccc2)cc1. The van der Waals surface area contributed by atoms with Crippen LogP contribution in [-0.2, 0) is 10.0 Å². The van der Waals surface area contributed by atoms with E-state index < -0.39 is 10.0 Å². The van der Waals surface area contributed by atoms with E-state index in [4.69, 9.17) is 0 Å². The van der Waals surface area contributed by atoms with Gasteiger partial charge in [0.25, 0.3) is 15.9 Å². The Bertz CT molecular complexity index is 1280. The van der Waals surface area contributed by atoms with Gasteiger partial charge in [-0.25, -0.2) is 8.42 Å². The zero-order valence-electron chi connectivity index (χ0n) is 17.4. The first-order chi connectivity index (χ1) is 15.4. The fourth-order valence-corrected chi connectivity index (χ4v) is 5.34. The molecule has 0 radical (unpaired) electrons. The average molecular weight is 463 g/mol. The Morgan fingerprint density at radius 1 is 0.812 bits per heavy atom. The molecule has 4 aromatic rings. The molecular weight excluding hydrogens is 440 g/mol. The van der Waals surface area contributed by atoms with Crippen molar-refractivity contribution in [1.29, 1.82) is 0 Å². The van der Waals surface area contributed by atoms with E-state index in [1.54, 1.807) is 41.8 Å². The topological polar surface area (TPSA) is 75.3 Å². The van der Waals surface area contributed by atoms with E-state index in [9.17, 15) is 13.2 Å². The van der Waals surface area contributed by atoms with Crippen LogP contribution in [0.3, 0.4) is 0 Å². The predicted molar refractivity (Wildman–Crippen MR) is 128 cm³/mol. The zero-order chi connectivity index (χ0) is 22.6. The van der Waals surface area contributed by atoms with Crippen molar-refractivity contribution in [1.82, 2.24) is 5.32 Å². The predicted octanol–water partition coefficient (Wildman–Crippen LogP) is 5.38. The second-order valence-electron chi connectivity index (χ2n) is 7.34. The lowest BCUT2D eigenvalue weighted by atomic mass is 9.97. The van der Waals surface area contributed by atoms with E-state index >= 15 is 0 Å². The molecule has 5 nitrogen and oxygen atoms in total. The van der Waals surface area contributed by atoms with Gasteiger partial charge in [-0.3, -0.25) is 9.52 Å². The minimum atomic E-state index is -3.63. The number of thiophene rings is 1. The maximum absolute atomic E-state index is 13.0. The number of carbonyl (C=O) groups is 1. The van der Waals surface area contributed by atoms with Crippen molar-refractivity contribution in [3.8, 4) is 0 Å². The summed E-state index contributed by atoms with van der Waals surface area (Å²) in [4.78, 5) is 13.0. The molecule has 2 N–H and O–H groups in total. The largest absolute Gasteiger partial charge is 0.341 e. The lowest BCUT2D eigenvalue weighted by Crippen LogP contribution is -2.29. The lowest BCUT2D eigenvalue weighted by Gasteiger charge is -2.20. The molecule has 0 aliphatic rings. The molecule has 7 heteroatoms. The van der Waals surface area contributed by atoms with Crippen LogP contribution in [0.25, 0.3) is 0 Å². The standard InChI is InChI=1S/C25H22N2O3S2/c1-18-9-11-20(12-10-18)24(19-6-3-2-4-7-19)26-25(28)21-13-15-22(16-14-21)27-32(29,30)23-8-5-17-31-23/h2-17,24,27H,1H3,(H,26,28)/t24-/m1/s1. The van der Waals surface area contributed by atoms with Gasteiger partial charge in [0, 0.05) is 11.3 Å². The van der Waals surface area contributed by atoms with Gasteiger partial charge < -0.3 is 5.32 Å². The zero-order valence-corrected chi connectivity index (χ0v) is 19.0. The quantitative estimate of drug-likeness (QED) is 0.387. The van der Waals surface area contributed by atoms with E-state index in [1.165, 1.54) is 0 Å². The van der Waals surface area contributed by atoms with Crippen LogP contribution >= 0.6 is 11.3 Å². The van der Waals surface area contributed by atoms with Crippen LogP contribution in [-0.4, -0.2) is 14.3 Å². The number of aryl methyl sites for hydroxylation is 1. The second-order valence-corrected chi connectivity index (χ2v) is 10.2. The van der Waals surface area contributed by atoms with Gasteiger partial charge in [0.1, 0.15) is 4.21 Å². The molecule has 1 atom stereocenters. The van der Waals surface area contributed by atoms with Gasteiger partial charge in [-0.2, -0.15) is 0 Å². The summed E-state index contributed by atoms with van der Waals surface area (Å²) in [5.41, 5.74) is 3.94. The van der Waals surface area contributed by atoms with Gasteiger partial charge in [-0.15, -0.1) is 11.3 Å². The molecule has 0 aliphatic carbocycles. The van der Waals surface area contributed by atoms with Gasteiger partial charge >= 0.3 is 0 Å². The monoisotopic (exact) mass is 462 g/mol. The molecule has 0 aliphatic heterocycles. The highest BCUT2D eigenvalue weighted by Gasteiger charge is 2.19. The number of nitrogens with one attached hydrogen (secondary N) is 2. The van der Waals surface area contributed by atoms with E-state index in [2.05, 4.69) is 10.0 Å². The third kappa shape index (κ3) is 5.07. The molecule has 1 aromatic heterocycles. The van der Waals surface area contributed by atoms with Crippen LogP contribution in [0.15, 0.2) is 101 Å². The molecule has 0 bridgehead atoms. The van der Waals surface area contributed by atoms with Crippen LogP contribution in [0.1, 0.15) is 33.1 Å². The second kappa shape index (κ2) is 9.38. The molecule has 0 spiro atoms. The van der Waals surface area contributed by atoms with Gasteiger partial charge in [-0.1, -0.05) is 66.2 Å². The Balaban J connectivity index is 1.53. The molecule has 4 rings (SSSR count). The Morgan fingerprint density at radius 3 is 2.09 bits per heavy atom. The summed E-state index contributed by atoms with van der Waals surface area (Å²) < 4.78 is 27.5. The number of hydrogen-bond acceptors (Lipinski definition) is 4. The van der Waals surface area contributed by atoms with Crippen LogP contribution in [0.2, 0.25) is 0 Å². The maximum Gasteiger partial charge on any atom is 0.271 e. The van der Waals surface area contributed by atoms with Crippen molar-refractivity contribution in [2.24, 2.45) is 0 Å². The van der Waals surface area contributed by atoms with Crippen LogP contribution in [0.5, 0.6) is 0 Å². The first kappa shape index (κ1) is 21.8. The molecule has 0 fully saturated rings. The normalized spacial score (nSPS) is 12.2. The summed E-state index contributed by atoms with van der Waals surface area (Å²) in [6, 6.07) is 27.2. The molecule has 162 valence electrons. The van der Waals surface area contributed by atoms with Gasteiger partial charge in [0.2, 0.25) is 0 Å². The number of amides is 1. The summed E-state index contributed by atoms with van der Waals surface area (Å²) in [6.07, 6.45) is 0. The first-order valence-corrected chi connectivity index (χ1v) is 12.4. The van der Waals surface area contributed by atoms with Crippen molar-refractivity contribution < 1.29 is 13.2 Å².